The normalized spacial score (nSPS) is 14.0. The van der Waals surface area contributed by atoms with Crippen LogP contribution >= 0.6 is 11.6 Å². The molecule has 0 saturated heterocycles. The number of nitro groups is 1. The monoisotopic (exact) mass is 478 g/mol. The number of aryl methyl sites for hydroxylation is 1. The fourth-order valence-corrected chi connectivity index (χ4v) is 3.65. The zero-order chi connectivity index (χ0) is 24.2. The van der Waals surface area contributed by atoms with E-state index < -0.39 is 10.9 Å². The van der Waals surface area contributed by atoms with Crippen LogP contribution in [0.25, 0.3) is 6.08 Å². The maximum atomic E-state index is 12.4. The molecule has 1 aliphatic heterocycles. The summed E-state index contributed by atoms with van der Waals surface area (Å²) < 4.78 is 16.6. The van der Waals surface area contributed by atoms with Crippen molar-refractivity contribution in [3.63, 3.8) is 0 Å². The minimum absolute atomic E-state index is 0.0322. The molecule has 0 amide bonds. The topological polar surface area (TPSA) is 100 Å². The lowest BCUT2D eigenvalue weighted by atomic mass is 10.1. The number of aliphatic imine (C=N–C) groups is 1. The number of halogens is 1. The SMILES string of the molecule is COc1cc(/C=C2\N=C(c3ccccc3C)OC2=O)cc(Cl)c1OCc1cccc([N+](=O)[O-])c1. The molecular weight excluding hydrogens is 460 g/mol. The van der Waals surface area contributed by atoms with Crippen LogP contribution in [0.5, 0.6) is 11.5 Å². The Balaban J connectivity index is 1.59. The summed E-state index contributed by atoms with van der Waals surface area (Å²) in [6.07, 6.45) is 1.55. The Morgan fingerprint density at radius 1 is 1.15 bits per heavy atom. The quantitative estimate of drug-likeness (QED) is 0.193. The van der Waals surface area contributed by atoms with E-state index >= 15 is 0 Å². The molecule has 0 radical (unpaired) electrons. The Morgan fingerprint density at radius 3 is 2.68 bits per heavy atom. The summed E-state index contributed by atoms with van der Waals surface area (Å²) in [7, 11) is 1.46. The summed E-state index contributed by atoms with van der Waals surface area (Å²) in [5.74, 6) is 0.277. The first kappa shape index (κ1) is 23.0. The molecule has 3 aromatic carbocycles. The minimum atomic E-state index is -0.570. The van der Waals surface area contributed by atoms with Gasteiger partial charge in [0, 0.05) is 17.7 Å². The van der Waals surface area contributed by atoms with Crippen molar-refractivity contribution in [2.75, 3.05) is 7.11 Å². The molecule has 0 aromatic heterocycles. The summed E-state index contributed by atoms with van der Waals surface area (Å²) in [5.41, 5.74) is 2.93. The lowest BCUT2D eigenvalue weighted by molar-refractivity contribution is -0.384. The second-order valence-electron chi connectivity index (χ2n) is 7.40. The van der Waals surface area contributed by atoms with Crippen LogP contribution in [0.15, 0.2) is 71.4 Å². The highest BCUT2D eigenvalue weighted by atomic mass is 35.5. The van der Waals surface area contributed by atoms with E-state index in [2.05, 4.69) is 4.99 Å². The Kier molecular flexibility index (Phi) is 6.60. The number of nitro benzene ring substituents is 1. The molecular formula is C25H19ClN2O6. The molecule has 0 spiro atoms. The van der Waals surface area contributed by atoms with Crippen molar-refractivity contribution in [3.8, 4) is 11.5 Å². The van der Waals surface area contributed by atoms with E-state index in [0.717, 1.165) is 11.1 Å². The van der Waals surface area contributed by atoms with Gasteiger partial charge < -0.3 is 14.2 Å². The van der Waals surface area contributed by atoms with Crippen molar-refractivity contribution in [3.05, 3.63) is 104 Å². The molecule has 4 rings (SSSR count). The van der Waals surface area contributed by atoms with Crippen LogP contribution in [0.1, 0.15) is 22.3 Å². The smallest absolute Gasteiger partial charge is 0.363 e. The molecule has 0 aliphatic carbocycles. The highest BCUT2D eigenvalue weighted by molar-refractivity contribution is 6.32. The molecule has 1 aliphatic rings. The number of ether oxygens (including phenoxy) is 3. The van der Waals surface area contributed by atoms with Gasteiger partial charge in [0.15, 0.2) is 17.2 Å². The number of nitrogens with zero attached hydrogens (tertiary/aromatic N) is 2. The predicted octanol–water partition coefficient (Wildman–Crippen LogP) is 5.49. The van der Waals surface area contributed by atoms with Gasteiger partial charge in [-0.15, -0.1) is 0 Å². The van der Waals surface area contributed by atoms with E-state index in [-0.39, 0.29) is 34.7 Å². The number of non-ortho nitro benzene ring substituents is 1. The standard InChI is InChI=1S/C25H19ClN2O6/c1-15-6-3-4-9-19(15)24-27-21(25(29)34-24)12-17-11-20(26)23(22(13-17)32-2)33-14-16-7-5-8-18(10-16)28(30)31/h3-13H,14H2,1-2H3/b21-12-. The first-order valence-corrected chi connectivity index (χ1v) is 10.6. The Labute approximate surface area is 200 Å². The van der Waals surface area contributed by atoms with Gasteiger partial charge in [0.2, 0.25) is 5.90 Å². The lowest BCUT2D eigenvalue weighted by Crippen LogP contribution is -2.06. The summed E-state index contributed by atoms with van der Waals surface area (Å²) in [6, 6.07) is 16.8. The summed E-state index contributed by atoms with van der Waals surface area (Å²) >= 11 is 6.43. The summed E-state index contributed by atoms with van der Waals surface area (Å²) in [5, 5.41) is 11.2. The van der Waals surface area contributed by atoms with Crippen molar-refractivity contribution in [1.29, 1.82) is 0 Å². The maximum absolute atomic E-state index is 12.4. The number of rotatable bonds is 7. The molecule has 8 nitrogen and oxygen atoms in total. The van der Waals surface area contributed by atoms with Crippen molar-refractivity contribution >= 4 is 35.2 Å². The van der Waals surface area contributed by atoms with E-state index in [4.69, 9.17) is 25.8 Å². The summed E-state index contributed by atoms with van der Waals surface area (Å²) in [4.78, 5) is 27.2. The molecule has 0 saturated carbocycles. The van der Waals surface area contributed by atoms with Crippen LogP contribution in [0.4, 0.5) is 5.69 Å². The molecule has 3 aromatic rings. The number of benzene rings is 3. The Bertz CT molecular complexity index is 1350. The van der Waals surface area contributed by atoms with Crippen LogP contribution in [-0.4, -0.2) is 23.9 Å². The van der Waals surface area contributed by atoms with E-state index in [0.29, 0.717) is 16.9 Å². The zero-order valence-corrected chi connectivity index (χ0v) is 19.0. The van der Waals surface area contributed by atoms with Crippen molar-refractivity contribution in [2.24, 2.45) is 4.99 Å². The second-order valence-corrected chi connectivity index (χ2v) is 7.81. The van der Waals surface area contributed by atoms with Crippen LogP contribution in [-0.2, 0) is 16.1 Å². The Hall–Kier alpha value is -4.17. The molecule has 9 heteroatoms. The van der Waals surface area contributed by atoms with Crippen LogP contribution < -0.4 is 9.47 Å². The first-order valence-electron chi connectivity index (χ1n) is 10.2. The van der Waals surface area contributed by atoms with Gasteiger partial charge in [0.25, 0.3) is 5.69 Å². The van der Waals surface area contributed by atoms with Crippen LogP contribution in [0.3, 0.4) is 0 Å². The molecule has 34 heavy (non-hydrogen) atoms. The van der Waals surface area contributed by atoms with E-state index in [1.165, 1.54) is 19.2 Å². The predicted molar refractivity (Wildman–Crippen MR) is 127 cm³/mol. The average molecular weight is 479 g/mol. The lowest BCUT2D eigenvalue weighted by Gasteiger charge is -2.13. The molecule has 0 fully saturated rings. The van der Waals surface area contributed by atoms with Gasteiger partial charge in [-0.25, -0.2) is 9.79 Å². The van der Waals surface area contributed by atoms with E-state index in [9.17, 15) is 14.9 Å². The number of esters is 1. The number of carbonyl (C=O) groups is 1. The van der Waals surface area contributed by atoms with Crippen molar-refractivity contribution < 1.29 is 23.9 Å². The summed E-state index contributed by atoms with van der Waals surface area (Å²) in [6.45, 7) is 1.96. The third kappa shape index (κ3) is 4.92. The number of hydrogen-bond donors (Lipinski definition) is 0. The number of carbonyl (C=O) groups excluding carboxylic acids is 1. The third-order valence-corrected chi connectivity index (χ3v) is 5.34. The third-order valence-electron chi connectivity index (χ3n) is 5.06. The number of methoxy groups -OCH3 is 1. The zero-order valence-electron chi connectivity index (χ0n) is 18.3. The molecule has 0 atom stereocenters. The van der Waals surface area contributed by atoms with Crippen molar-refractivity contribution in [2.45, 2.75) is 13.5 Å². The Morgan fingerprint density at radius 2 is 1.94 bits per heavy atom. The van der Waals surface area contributed by atoms with Gasteiger partial charge in [-0.1, -0.05) is 41.9 Å². The highest BCUT2D eigenvalue weighted by Crippen LogP contribution is 2.38. The van der Waals surface area contributed by atoms with E-state index in [1.54, 1.807) is 30.3 Å². The molecule has 0 unspecified atom stereocenters. The average Bonchev–Trinajstić information content (AvgIpc) is 3.18. The van der Waals surface area contributed by atoms with Gasteiger partial charge in [-0.2, -0.15) is 0 Å². The van der Waals surface area contributed by atoms with Gasteiger partial charge in [0.1, 0.15) is 6.61 Å². The minimum Gasteiger partial charge on any atom is -0.493 e. The number of cyclic esters (lactones) is 1. The second kappa shape index (κ2) is 9.76. The first-order chi connectivity index (χ1) is 16.4. The van der Waals surface area contributed by atoms with Gasteiger partial charge >= 0.3 is 5.97 Å². The van der Waals surface area contributed by atoms with Gasteiger partial charge in [-0.05, 0) is 47.9 Å². The van der Waals surface area contributed by atoms with Gasteiger partial charge in [-0.3, -0.25) is 10.1 Å². The fourth-order valence-electron chi connectivity index (χ4n) is 3.37. The fraction of sp³-hybridized carbons (Fsp3) is 0.120. The number of hydrogen-bond acceptors (Lipinski definition) is 7. The largest absolute Gasteiger partial charge is 0.493 e. The van der Waals surface area contributed by atoms with E-state index in [1.807, 2.05) is 31.2 Å². The molecule has 0 N–H and O–H groups in total. The molecule has 172 valence electrons. The molecule has 0 bridgehead atoms. The molecule has 1 heterocycles. The van der Waals surface area contributed by atoms with Gasteiger partial charge in [0.05, 0.1) is 17.1 Å². The van der Waals surface area contributed by atoms with Crippen molar-refractivity contribution in [1.82, 2.24) is 0 Å². The van der Waals surface area contributed by atoms with Crippen LogP contribution in [0.2, 0.25) is 5.02 Å². The van der Waals surface area contributed by atoms with Crippen LogP contribution in [0, 0.1) is 17.0 Å². The maximum Gasteiger partial charge on any atom is 0.363 e. The highest BCUT2D eigenvalue weighted by Gasteiger charge is 2.25.